The lowest BCUT2D eigenvalue weighted by Gasteiger charge is -2.26. The van der Waals surface area contributed by atoms with Crippen molar-refractivity contribution in [1.82, 2.24) is 5.32 Å². The first kappa shape index (κ1) is 29.9. The summed E-state index contributed by atoms with van der Waals surface area (Å²) in [6.07, 6.45) is 23.1. The van der Waals surface area contributed by atoms with Crippen LogP contribution in [0.5, 0.6) is 0 Å². The molecule has 2 aromatic rings. The molecular weight excluding hydrogens is 491 g/mol. The third-order valence-corrected chi connectivity index (χ3v) is 9.01. The van der Waals surface area contributed by atoms with Gasteiger partial charge in [0.1, 0.15) is 0 Å². The van der Waals surface area contributed by atoms with Gasteiger partial charge in [-0.15, -0.1) is 0 Å². The van der Waals surface area contributed by atoms with Crippen LogP contribution in [0.25, 0.3) is 5.57 Å². The van der Waals surface area contributed by atoms with E-state index in [0.717, 1.165) is 30.1 Å². The Balaban J connectivity index is 0.000000185. The van der Waals surface area contributed by atoms with Gasteiger partial charge in [-0.1, -0.05) is 112 Å². The van der Waals surface area contributed by atoms with Crippen LogP contribution < -0.4 is 11.1 Å². The molecule has 2 saturated carbocycles. The first-order valence-corrected chi connectivity index (χ1v) is 15.5. The Hall–Kier alpha value is -3.07. The molecule has 2 fully saturated rings. The molecular formula is C37H49FN2. The van der Waals surface area contributed by atoms with Crippen LogP contribution in [-0.2, 0) is 6.42 Å². The number of halogens is 1. The zero-order chi connectivity index (χ0) is 28.3. The van der Waals surface area contributed by atoms with Crippen LogP contribution in [0.1, 0.15) is 106 Å². The summed E-state index contributed by atoms with van der Waals surface area (Å²) in [7, 11) is 0. The molecule has 0 saturated heterocycles. The van der Waals surface area contributed by atoms with Crippen molar-refractivity contribution < 1.29 is 4.39 Å². The Bertz CT molecular complexity index is 1150. The summed E-state index contributed by atoms with van der Waals surface area (Å²) in [6, 6.07) is 18.5. The van der Waals surface area contributed by atoms with Crippen LogP contribution in [0.3, 0.4) is 0 Å². The Morgan fingerprint density at radius 2 is 1.32 bits per heavy atom. The van der Waals surface area contributed by atoms with Crippen LogP contribution in [0.4, 0.5) is 4.39 Å². The molecule has 1 heterocycles. The summed E-state index contributed by atoms with van der Waals surface area (Å²) in [5.41, 5.74) is 11.8. The second-order valence-corrected chi connectivity index (χ2v) is 12.4. The molecule has 0 spiro atoms. The van der Waals surface area contributed by atoms with Gasteiger partial charge < -0.3 is 11.1 Å². The molecule has 0 radical (unpaired) electrons. The fourth-order valence-electron chi connectivity index (χ4n) is 6.18. The fraction of sp³-hybridized carbons (Fsp3) is 0.459. The minimum atomic E-state index is -0.650. The van der Waals surface area contributed by atoms with Crippen molar-refractivity contribution in [1.29, 1.82) is 0 Å². The number of allylic oxidation sites excluding steroid dienone is 5. The van der Waals surface area contributed by atoms with Crippen LogP contribution in [0.15, 0.2) is 91.1 Å². The van der Waals surface area contributed by atoms with Gasteiger partial charge >= 0.3 is 0 Å². The number of rotatable bonds is 6. The molecule has 0 bridgehead atoms. The molecule has 1 aliphatic heterocycles. The van der Waals surface area contributed by atoms with E-state index in [2.05, 4.69) is 93.0 Å². The molecule has 3 N–H and O–H groups in total. The summed E-state index contributed by atoms with van der Waals surface area (Å²) in [5, 5.41) is 3.36. The molecule has 3 aliphatic rings. The SMILES string of the molecule is CC1CCC(c2ccc(C/C=C\C=C(/N)F)cc2)CC1.CC1CCC(c2ccc(C3=CNC(C)C=C3)cc2)CC1. The average molecular weight is 541 g/mol. The molecule has 0 amide bonds. The number of nitrogens with two attached hydrogens (primary N) is 1. The molecule has 2 nitrogen and oxygen atoms in total. The van der Waals surface area contributed by atoms with Crippen LogP contribution >= 0.6 is 0 Å². The number of hydrogen-bond donors (Lipinski definition) is 2. The topological polar surface area (TPSA) is 38.0 Å². The third kappa shape index (κ3) is 9.25. The summed E-state index contributed by atoms with van der Waals surface area (Å²) in [5.74, 6) is 2.70. The maximum atomic E-state index is 12.3. The van der Waals surface area contributed by atoms with Gasteiger partial charge in [0.15, 0.2) is 5.95 Å². The third-order valence-electron chi connectivity index (χ3n) is 9.01. The molecule has 40 heavy (non-hydrogen) atoms. The predicted octanol–water partition coefficient (Wildman–Crippen LogP) is 9.72. The zero-order valence-electron chi connectivity index (χ0n) is 24.8. The second kappa shape index (κ2) is 15.1. The molecule has 1 atom stereocenters. The summed E-state index contributed by atoms with van der Waals surface area (Å²) >= 11 is 0. The van der Waals surface area contributed by atoms with Gasteiger partial charge in [-0.05, 0) is 96.6 Å². The van der Waals surface area contributed by atoms with Gasteiger partial charge in [-0.25, -0.2) is 0 Å². The van der Waals surface area contributed by atoms with Crippen molar-refractivity contribution in [2.24, 2.45) is 17.6 Å². The van der Waals surface area contributed by atoms with E-state index < -0.39 is 5.95 Å². The van der Waals surface area contributed by atoms with Crippen molar-refractivity contribution in [3.8, 4) is 0 Å². The number of dihydropyridines is 1. The predicted molar refractivity (Wildman–Crippen MR) is 170 cm³/mol. The molecule has 214 valence electrons. The number of benzene rings is 2. The lowest BCUT2D eigenvalue weighted by molar-refractivity contribution is 0.348. The van der Waals surface area contributed by atoms with Crippen LogP contribution in [-0.4, -0.2) is 6.04 Å². The smallest absolute Gasteiger partial charge is 0.184 e. The average Bonchev–Trinajstić information content (AvgIpc) is 2.97. The van der Waals surface area contributed by atoms with Crippen molar-refractivity contribution in [2.45, 2.75) is 96.4 Å². The standard InChI is InChI=1S/C19H25N.C18H24FN/c1-14-3-6-16(7-4-14)17-9-11-18(12-10-17)19-8-5-15(2)20-13-19;1-14-6-10-16(11-7-14)17-12-8-15(9-13-17)4-2-3-5-18(19)20/h5,8-16,20H,3-4,6-7H2,1-2H3;2-3,5,8-9,12-14,16H,4,6-7,10-11,20H2,1H3/b;3-2-,18-5-. The van der Waals surface area contributed by atoms with Gasteiger partial charge in [0.05, 0.1) is 0 Å². The summed E-state index contributed by atoms with van der Waals surface area (Å²) < 4.78 is 12.3. The lowest BCUT2D eigenvalue weighted by atomic mass is 9.79. The monoisotopic (exact) mass is 540 g/mol. The maximum Gasteiger partial charge on any atom is 0.184 e. The van der Waals surface area contributed by atoms with Crippen LogP contribution in [0, 0.1) is 11.8 Å². The number of nitrogens with one attached hydrogen (secondary N) is 1. The van der Waals surface area contributed by atoms with Crippen molar-refractivity contribution >= 4 is 5.57 Å². The highest BCUT2D eigenvalue weighted by atomic mass is 19.1. The first-order valence-electron chi connectivity index (χ1n) is 15.5. The highest BCUT2D eigenvalue weighted by molar-refractivity contribution is 5.74. The van der Waals surface area contributed by atoms with Crippen LogP contribution in [0.2, 0.25) is 0 Å². The maximum absolute atomic E-state index is 12.3. The minimum Gasteiger partial charge on any atom is -0.384 e. The van der Waals surface area contributed by atoms with E-state index in [1.54, 1.807) is 6.08 Å². The highest BCUT2D eigenvalue weighted by Gasteiger charge is 2.20. The zero-order valence-corrected chi connectivity index (χ0v) is 24.8. The Labute approximate surface area is 242 Å². The highest BCUT2D eigenvalue weighted by Crippen LogP contribution is 2.36. The van der Waals surface area contributed by atoms with Gasteiger partial charge in [0.2, 0.25) is 0 Å². The van der Waals surface area contributed by atoms with Crippen molar-refractivity contribution in [3.05, 3.63) is 113 Å². The molecule has 0 aromatic heterocycles. The second-order valence-electron chi connectivity index (χ2n) is 12.4. The molecule has 2 aromatic carbocycles. The quantitative estimate of drug-likeness (QED) is 0.283. The van der Waals surface area contributed by atoms with E-state index in [1.165, 1.54) is 85.3 Å². The number of hydrogen-bond acceptors (Lipinski definition) is 2. The Kier molecular flexibility index (Phi) is 11.3. The Morgan fingerprint density at radius 1 is 0.800 bits per heavy atom. The lowest BCUT2D eigenvalue weighted by Crippen LogP contribution is -2.20. The van der Waals surface area contributed by atoms with E-state index >= 15 is 0 Å². The molecule has 5 rings (SSSR count). The van der Waals surface area contributed by atoms with E-state index in [1.807, 2.05) is 6.08 Å². The fourth-order valence-corrected chi connectivity index (χ4v) is 6.18. The van der Waals surface area contributed by atoms with Crippen molar-refractivity contribution in [3.63, 3.8) is 0 Å². The normalized spacial score (nSPS) is 26.9. The summed E-state index contributed by atoms with van der Waals surface area (Å²) in [4.78, 5) is 0. The van der Waals surface area contributed by atoms with Gasteiger partial charge in [0, 0.05) is 12.2 Å². The Morgan fingerprint density at radius 3 is 1.80 bits per heavy atom. The van der Waals surface area contributed by atoms with E-state index in [9.17, 15) is 4.39 Å². The molecule has 3 heteroatoms. The first-order chi connectivity index (χ1) is 19.4. The molecule has 2 aliphatic carbocycles. The minimum absolute atomic E-state index is 0.447. The van der Waals surface area contributed by atoms with E-state index in [0.29, 0.717) is 6.04 Å². The van der Waals surface area contributed by atoms with E-state index in [-0.39, 0.29) is 0 Å². The van der Waals surface area contributed by atoms with E-state index in [4.69, 9.17) is 5.73 Å². The largest absolute Gasteiger partial charge is 0.384 e. The van der Waals surface area contributed by atoms with Gasteiger partial charge in [-0.3, -0.25) is 0 Å². The van der Waals surface area contributed by atoms with Gasteiger partial charge in [-0.2, -0.15) is 4.39 Å². The van der Waals surface area contributed by atoms with Gasteiger partial charge in [0.25, 0.3) is 0 Å². The summed E-state index contributed by atoms with van der Waals surface area (Å²) in [6.45, 7) is 6.90. The molecule has 1 unspecified atom stereocenters. The van der Waals surface area contributed by atoms with Crippen molar-refractivity contribution in [2.75, 3.05) is 0 Å².